The van der Waals surface area contributed by atoms with Crippen molar-refractivity contribution in [3.8, 4) is 0 Å². The molecule has 1 saturated heterocycles. The number of rotatable bonds is 6. The maximum absolute atomic E-state index is 12.6. The van der Waals surface area contributed by atoms with Gasteiger partial charge in [-0.15, -0.1) is 0 Å². The predicted molar refractivity (Wildman–Crippen MR) is 103 cm³/mol. The van der Waals surface area contributed by atoms with Crippen LogP contribution in [0.3, 0.4) is 0 Å². The fourth-order valence-corrected chi connectivity index (χ4v) is 3.15. The Morgan fingerprint density at radius 3 is 2.40 bits per heavy atom. The number of nitrogens with one attached hydrogen (secondary N) is 1. The number of carbonyl (C=O) groups excluding carboxylic acids is 1. The number of benzene rings is 1. The van der Waals surface area contributed by atoms with Crippen molar-refractivity contribution in [1.29, 1.82) is 0 Å². The Labute approximate surface area is 151 Å². The number of urea groups is 1. The SMILES string of the molecule is CCN1CCN(c2ccccc2NC(=O)N(CC)CC(C)(C)O)CC1. The minimum Gasteiger partial charge on any atom is -0.389 e. The fourth-order valence-electron chi connectivity index (χ4n) is 3.15. The second-order valence-electron chi connectivity index (χ2n) is 7.20. The number of aliphatic hydroxyl groups is 1. The van der Waals surface area contributed by atoms with Crippen LogP contribution in [0.5, 0.6) is 0 Å². The molecule has 0 aliphatic carbocycles. The van der Waals surface area contributed by atoms with E-state index in [-0.39, 0.29) is 6.03 Å². The van der Waals surface area contributed by atoms with Crippen molar-refractivity contribution >= 4 is 17.4 Å². The van der Waals surface area contributed by atoms with Crippen molar-refractivity contribution < 1.29 is 9.90 Å². The predicted octanol–water partition coefficient (Wildman–Crippen LogP) is 2.45. The molecule has 2 N–H and O–H groups in total. The molecule has 0 saturated carbocycles. The van der Waals surface area contributed by atoms with Gasteiger partial charge in [-0.3, -0.25) is 0 Å². The van der Waals surface area contributed by atoms with E-state index in [1.54, 1.807) is 18.7 Å². The van der Waals surface area contributed by atoms with Gasteiger partial charge in [0, 0.05) is 32.7 Å². The molecule has 0 spiro atoms. The number of likely N-dealkylation sites (N-methyl/N-ethyl adjacent to an activating group) is 2. The third-order valence-corrected chi connectivity index (χ3v) is 4.55. The van der Waals surface area contributed by atoms with Crippen LogP contribution < -0.4 is 10.2 Å². The van der Waals surface area contributed by atoms with Gasteiger partial charge < -0.3 is 25.1 Å². The van der Waals surface area contributed by atoms with Crippen LogP contribution in [0.2, 0.25) is 0 Å². The molecular formula is C19H32N4O2. The van der Waals surface area contributed by atoms with E-state index in [1.165, 1.54) is 0 Å². The van der Waals surface area contributed by atoms with Crippen LogP contribution in [0, 0.1) is 0 Å². The normalized spacial score (nSPS) is 16.0. The number of hydrogen-bond donors (Lipinski definition) is 2. The van der Waals surface area contributed by atoms with Gasteiger partial charge in [-0.05, 0) is 39.4 Å². The van der Waals surface area contributed by atoms with Gasteiger partial charge in [-0.1, -0.05) is 19.1 Å². The third-order valence-electron chi connectivity index (χ3n) is 4.55. The Morgan fingerprint density at radius 2 is 1.84 bits per heavy atom. The first-order valence-corrected chi connectivity index (χ1v) is 9.18. The summed E-state index contributed by atoms with van der Waals surface area (Å²) in [6.45, 7) is 13.5. The lowest BCUT2D eigenvalue weighted by atomic mass is 10.1. The molecule has 0 atom stereocenters. The molecule has 25 heavy (non-hydrogen) atoms. The minimum absolute atomic E-state index is 0.177. The maximum Gasteiger partial charge on any atom is 0.321 e. The van der Waals surface area contributed by atoms with Gasteiger partial charge in [-0.2, -0.15) is 0 Å². The smallest absolute Gasteiger partial charge is 0.321 e. The molecule has 6 heteroatoms. The van der Waals surface area contributed by atoms with Crippen molar-refractivity contribution in [3.63, 3.8) is 0 Å². The van der Waals surface area contributed by atoms with Gasteiger partial charge in [0.15, 0.2) is 0 Å². The van der Waals surface area contributed by atoms with Crippen LogP contribution in [0.1, 0.15) is 27.7 Å². The number of amides is 2. The molecule has 1 aromatic carbocycles. The van der Waals surface area contributed by atoms with Gasteiger partial charge in [0.25, 0.3) is 0 Å². The summed E-state index contributed by atoms with van der Waals surface area (Å²) in [4.78, 5) is 19.0. The third kappa shape index (κ3) is 5.61. The van der Waals surface area contributed by atoms with Gasteiger partial charge in [0.1, 0.15) is 0 Å². The summed E-state index contributed by atoms with van der Waals surface area (Å²) in [5.41, 5.74) is 0.973. The van der Waals surface area contributed by atoms with Crippen LogP contribution in [-0.2, 0) is 0 Å². The first-order chi connectivity index (χ1) is 11.8. The number of piperazine rings is 1. The standard InChI is InChI=1S/C19H32N4O2/c1-5-21-11-13-23(14-12-21)17-10-8-7-9-16(17)20-18(24)22(6-2)15-19(3,4)25/h7-10,25H,5-6,11-15H2,1-4H3,(H,20,24). The van der Waals surface area contributed by atoms with Crippen LogP contribution in [-0.4, -0.2) is 72.4 Å². The van der Waals surface area contributed by atoms with E-state index >= 15 is 0 Å². The lowest BCUT2D eigenvalue weighted by Gasteiger charge is -2.36. The van der Waals surface area contributed by atoms with Crippen molar-refractivity contribution in [2.45, 2.75) is 33.3 Å². The van der Waals surface area contributed by atoms with E-state index in [2.05, 4.69) is 28.1 Å². The van der Waals surface area contributed by atoms with Gasteiger partial charge >= 0.3 is 6.03 Å². The van der Waals surface area contributed by atoms with Gasteiger partial charge in [0.05, 0.1) is 23.5 Å². The zero-order valence-corrected chi connectivity index (χ0v) is 16.0. The highest BCUT2D eigenvalue weighted by Gasteiger charge is 2.23. The summed E-state index contributed by atoms with van der Waals surface area (Å²) in [6.07, 6.45) is 0. The Bertz CT molecular complexity index is 563. The summed E-state index contributed by atoms with van der Waals surface area (Å²) >= 11 is 0. The van der Waals surface area contributed by atoms with Crippen LogP contribution in [0.25, 0.3) is 0 Å². The largest absolute Gasteiger partial charge is 0.389 e. The van der Waals surface area contributed by atoms with Crippen molar-refractivity contribution in [3.05, 3.63) is 24.3 Å². The molecule has 1 aromatic rings. The van der Waals surface area contributed by atoms with Crippen LogP contribution in [0.15, 0.2) is 24.3 Å². The summed E-state index contributed by atoms with van der Waals surface area (Å²) in [5, 5.41) is 13.0. The molecule has 6 nitrogen and oxygen atoms in total. The highest BCUT2D eigenvalue weighted by atomic mass is 16.3. The molecular weight excluding hydrogens is 316 g/mol. The summed E-state index contributed by atoms with van der Waals surface area (Å²) < 4.78 is 0. The Hall–Kier alpha value is -1.79. The molecule has 2 rings (SSSR count). The van der Waals surface area contributed by atoms with E-state index in [1.807, 2.05) is 25.1 Å². The summed E-state index contributed by atoms with van der Waals surface area (Å²) in [7, 11) is 0. The van der Waals surface area contributed by atoms with E-state index in [0.29, 0.717) is 13.1 Å². The minimum atomic E-state index is -0.913. The molecule has 1 aliphatic rings. The number of carbonyl (C=O) groups is 1. The molecule has 1 heterocycles. The lowest BCUT2D eigenvalue weighted by Crippen LogP contribution is -2.47. The van der Waals surface area contributed by atoms with Crippen molar-refractivity contribution in [2.24, 2.45) is 0 Å². The second-order valence-corrected chi connectivity index (χ2v) is 7.20. The molecule has 0 radical (unpaired) electrons. The van der Waals surface area contributed by atoms with Gasteiger partial charge in [-0.25, -0.2) is 4.79 Å². The second kappa shape index (κ2) is 8.54. The van der Waals surface area contributed by atoms with E-state index in [4.69, 9.17) is 0 Å². The quantitative estimate of drug-likeness (QED) is 0.829. The number of hydrogen-bond acceptors (Lipinski definition) is 4. The Kier molecular flexibility index (Phi) is 6.67. The molecule has 0 unspecified atom stereocenters. The number of anilines is 2. The zero-order chi connectivity index (χ0) is 18.4. The average Bonchev–Trinajstić information content (AvgIpc) is 2.59. The molecule has 140 valence electrons. The van der Waals surface area contributed by atoms with E-state index in [0.717, 1.165) is 44.1 Å². The molecule has 1 aliphatic heterocycles. The van der Waals surface area contributed by atoms with E-state index < -0.39 is 5.60 Å². The average molecular weight is 348 g/mol. The van der Waals surface area contributed by atoms with E-state index in [9.17, 15) is 9.90 Å². The summed E-state index contributed by atoms with van der Waals surface area (Å²) in [6, 6.07) is 7.77. The topological polar surface area (TPSA) is 59.0 Å². The number of para-hydroxylation sites is 2. The van der Waals surface area contributed by atoms with Crippen molar-refractivity contribution in [1.82, 2.24) is 9.80 Å². The first kappa shape index (κ1) is 19.5. The van der Waals surface area contributed by atoms with Crippen LogP contribution in [0.4, 0.5) is 16.2 Å². The van der Waals surface area contributed by atoms with Gasteiger partial charge in [0.2, 0.25) is 0 Å². The first-order valence-electron chi connectivity index (χ1n) is 9.18. The highest BCUT2D eigenvalue weighted by Crippen LogP contribution is 2.27. The Balaban J connectivity index is 2.08. The maximum atomic E-state index is 12.6. The molecule has 0 aromatic heterocycles. The van der Waals surface area contributed by atoms with Crippen molar-refractivity contribution in [2.75, 3.05) is 56.0 Å². The highest BCUT2D eigenvalue weighted by molar-refractivity contribution is 5.93. The Morgan fingerprint density at radius 1 is 1.20 bits per heavy atom. The number of nitrogens with zero attached hydrogens (tertiary/aromatic N) is 3. The fraction of sp³-hybridized carbons (Fsp3) is 0.632. The zero-order valence-electron chi connectivity index (χ0n) is 16.0. The van der Waals surface area contributed by atoms with Crippen LogP contribution >= 0.6 is 0 Å². The lowest BCUT2D eigenvalue weighted by molar-refractivity contribution is 0.0501. The monoisotopic (exact) mass is 348 g/mol. The molecule has 2 amide bonds. The summed E-state index contributed by atoms with van der Waals surface area (Å²) in [5.74, 6) is 0. The molecule has 1 fully saturated rings. The molecule has 0 bridgehead atoms.